The quantitative estimate of drug-likeness (QED) is 0.741. The minimum atomic E-state index is -0.159. The van der Waals surface area contributed by atoms with Crippen molar-refractivity contribution in [3.05, 3.63) is 28.8 Å². The van der Waals surface area contributed by atoms with Gasteiger partial charge in [0.05, 0.1) is 31.4 Å². The lowest BCUT2D eigenvalue weighted by Crippen LogP contribution is -2.47. The molecule has 1 aromatic rings. The van der Waals surface area contributed by atoms with Crippen LogP contribution in [-0.2, 0) is 20.8 Å². The highest BCUT2D eigenvalue weighted by Gasteiger charge is 2.35. The Hall–Kier alpha value is -1.01. The number of benzene rings is 1. The van der Waals surface area contributed by atoms with E-state index in [1.807, 2.05) is 12.1 Å². The van der Waals surface area contributed by atoms with Crippen LogP contribution >= 0.6 is 23.2 Å². The van der Waals surface area contributed by atoms with E-state index >= 15 is 0 Å². The number of methoxy groups -OCH3 is 2. The molecule has 7 heteroatoms. The van der Waals surface area contributed by atoms with Gasteiger partial charge in [0.15, 0.2) is 0 Å². The first-order valence-corrected chi connectivity index (χ1v) is 7.80. The van der Waals surface area contributed by atoms with E-state index in [9.17, 15) is 4.79 Å². The van der Waals surface area contributed by atoms with Crippen molar-refractivity contribution in [2.24, 2.45) is 0 Å². The van der Waals surface area contributed by atoms with Crippen LogP contribution in [0.4, 0.5) is 0 Å². The Labute approximate surface area is 140 Å². The molecule has 1 aromatic carbocycles. The van der Waals surface area contributed by atoms with E-state index < -0.39 is 0 Å². The van der Waals surface area contributed by atoms with E-state index in [-0.39, 0.29) is 23.9 Å². The van der Waals surface area contributed by atoms with Gasteiger partial charge in [-0.15, -0.1) is 11.6 Å². The number of hydrogen-bond donors (Lipinski definition) is 0. The summed E-state index contributed by atoms with van der Waals surface area (Å²) in [4.78, 5) is 13.9. The molecule has 1 aliphatic rings. The van der Waals surface area contributed by atoms with Crippen molar-refractivity contribution in [1.29, 1.82) is 0 Å². The van der Waals surface area contributed by atoms with E-state index in [1.54, 1.807) is 25.2 Å². The molecule has 0 radical (unpaired) electrons. The molecule has 1 fully saturated rings. The van der Waals surface area contributed by atoms with Gasteiger partial charge in [-0.1, -0.05) is 17.7 Å². The lowest BCUT2D eigenvalue weighted by molar-refractivity contribution is -0.133. The summed E-state index contributed by atoms with van der Waals surface area (Å²) >= 11 is 11.8. The average Bonchev–Trinajstić information content (AvgIpc) is 3.01. The van der Waals surface area contributed by atoms with Crippen LogP contribution in [0, 0.1) is 0 Å². The highest BCUT2D eigenvalue weighted by Crippen LogP contribution is 2.27. The Morgan fingerprint density at radius 1 is 1.41 bits per heavy atom. The second-order valence-corrected chi connectivity index (χ2v) is 5.68. The summed E-state index contributed by atoms with van der Waals surface area (Å²) in [6.45, 7) is 1.30. The number of amides is 1. The van der Waals surface area contributed by atoms with Crippen LogP contribution in [0.25, 0.3) is 0 Å². The van der Waals surface area contributed by atoms with E-state index in [4.69, 9.17) is 37.4 Å². The third kappa shape index (κ3) is 3.84. The molecule has 2 atom stereocenters. The molecule has 1 saturated heterocycles. The number of alkyl halides is 1. The predicted molar refractivity (Wildman–Crippen MR) is 84.7 cm³/mol. The standard InChI is InChI=1S/C15H19Cl2NO4/c1-20-13-5-10(3-4-11(13)17)7-18(15(19)6-16)12-8-22-9-14(12)21-2/h3-5,12,14H,6-9H2,1-2H3/t12-,14-/m1/s1. The summed E-state index contributed by atoms with van der Waals surface area (Å²) in [6, 6.07) is 5.27. The Bertz CT molecular complexity index is 526. The van der Waals surface area contributed by atoms with Crippen molar-refractivity contribution in [2.75, 3.05) is 33.3 Å². The molecule has 5 nitrogen and oxygen atoms in total. The maximum absolute atomic E-state index is 12.2. The third-order valence-corrected chi connectivity index (χ3v) is 4.25. The number of carbonyl (C=O) groups is 1. The highest BCUT2D eigenvalue weighted by molar-refractivity contribution is 6.32. The maximum atomic E-state index is 12.2. The zero-order valence-corrected chi connectivity index (χ0v) is 14.1. The van der Waals surface area contributed by atoms with Crippen molar-refractivity contribution in [3.63, 3.8) is 0 Å². The summed E-state index contributed by atoms with van der Waals surface area (Å²) in [5.41, 5.74) is 0.904. The topological polar surface area (TPSA) is 48.0 Å². The van der Waals surface area contributed by atoms with Crippen LogP contribution in [0.15, 0.2) is 18.2 Å². The minimum Gasteiger partial charge on any atom is -0.495 e. The first-order valence-electron chi connectivity index (χ1n) is 6.89. The molecule has 0 aliphatic carbocycles. The van der Waals surface area contributed by atoms with Gasteiger partial charge in [-0.05, 0) is 17.7 Å². The fourth-order valence-corrected chi connectivity index (χ4v) is 2.85. The van der Waals surface area contributed by atoms with Crippen LogP contribution in [-0.4, -0.2) is 56.3 Å². The highest BCUT2D eigenvalue weighted by atomic mass is 35.5. The van der Waals surface area contributed by atoms with E-state index in [2.05, 4.69) is 0 Å². The molecule has 1 aliphatic heterocycles. The van der Waals surface area contributed by atoms with Crippen LogP contribution in [0.1, 0.15) is 5.56 Å². The van der Waals surface area contributed by atoms with Crippen molar-refractivity contribution < 1.29 is 19.0 Å². The van der Waals surface area contributed by atoms with Crippen molar-refractivity contribution in [3.8, 4) is 5.75 Å². The summed E-state index contributed by atoms with van der Waals surface area (Å²) in [6.07, 6.45) is -0.152. The molecular formula is C15H19Cl2NO4. The van der Waals surface area contributed by atoms with Gasteiger partial charge in [-0.25, -0.2) is 0 Å². The van der Waals surface area contributed by atoms with Crippen LogP contribution in [0.5, 0.6) is 5.75 Å². The SMILES string of the molecule is COc1cc(CN(C(=O)CCl)[C@@H]2COC[C@H]2OC)ccc1Cl. The largest absolute Gasteiger partial charge is 0.495 e. The van der Waals surface area contributed by atoms with E-state index in [0.29, 0.717) is 30.5 Å². The molecule has 0 N–H and O–H groups in total. The van der Waals surface area contributed by atoms with Gasteiger partial charge in [0.2, 0.25) is 5.91 Å². The Morgan fingerprint density at radius 3 is 2.82 bits per heavy atom. The lowest BCUT2D eigenvalue weighted by Gasteiger charge is -2.31. The zero-order chi connectivity index (χ0) is 16.1. The Kier molecular flexibility index (Phi) is 6.32. The van der Waals surface area contributed by atoms with Crippen molar-refractivity contribution >= 4 is 29.1 Å². The average molecular weight is 348 g/mol. The third-order valence-electron chi connectivity index (χ3n) is 3.71. The number of rotatable bonds is 6. The maximum Gasteiger partial charge on any atom is 0.238 e. The Morgan fingerprint density at radius 2 is 2.18 bits per heavy atom. The normalized spacial score (nSPS) is 20.9. The van der Waals surface area contributed by atoms with Gasteiger partial charge in [-0.2, -0.15) is 0 Å². The number of hydrogen-bond acceptors (Lipinski definition) is 4. The van der Waals surface area contributed by atoms with Gasteiger partial charge in [0.1, 0.15) is 17.7 Å². The van der Waals surface area contributed by atoms with Crippen LogP contribution in [0.2, 0.25) is 5.02 Å². The van der Waals surface area contributed by atoms with Gasteiger partial charge >= 0.3 is 0 Å². The smallest absolute Gasteiger partial charge is 0.238 e. The summed E-state index contributed by atoms with van der Waals surface area (Å²) < 4.78 is 16.0. The van der Waals surface area contributed by atoms with E-state index in [1.165, 1.54) is 0 Å². The molecule has 22 heavy (non-hydrogen) atoms. The van der Waals surface area contributed by atoms with E-state index in [0.717, 1.165) is 5.56 Å². The Balaban J connectivity index is 2.21. The van der Waals surface area contributed by atoms with Gasteiger partial charge in [-0.3, -0.25) is 4.79 Å². The second kappa shape index (κ2) is 8.02. The first-order chi connectivity index (χ1) is 10.6. The van der Waals surface area contributed by atoms with Crippen LogP contribution < -0.4 is 4.74 Å². The number of halogens is 2. The van der Waals surface area contributed by atoms with Gasteiger partial charge < -0.3 is 19.1 Å². The summed E-state index contributed by atoms with van der Waals surface area (Å²) in [7, 11) is 3.17. The molecule has 122 valence electrons. The predicted octanol–water partition coefficient (Wildman–Crippen LogP) is 2.33. The number of ether oxygens (including phenoxy) is 3. The first kappa shape index (κ1) is 17.3. The molecule has 1 heterocycles. The van der Waals surface area contributed by atoms with Crippen molar-refractivity contribution in [2.45, 2.75) is 18.7 Å². The zero-order valence-electron chi connectivity index (χ0n) is 12.6. The molecule has 2 rings (SSSR count). The summed E-state index contributed by atoms with van der Waals surface area (Å²) in [5.74, 6) is 0.328. The molecule has 0 saturated carbocycles. The molecule has 0 bridgehead atoms. The molecule has 0 spiro atoms. The monoisotopic (exact) mass is 347 g/mol. The lowest BCUT2D eigenvalue weighted by atomic mass is 10.1. The fraction of sp³-hybridized carbons (Fsp3) is 0.533. The molecule has 1 amide bonds. The van der Waals surface area contributed by atoms with Crippen molar-refractivity contribution in [1.82, 2.24) is 4.90 Å². The van der Waals surface area contributed by atoms with Gasteiger partial charge in [0.25, 0.3) is 0 Å². The minimum absolute atomic E-state index is 0.0857. The fourth-order valence-electron chi connectivity index (χ4n) is 2.51. The number of carbonyl (C=O) groups excluding carboxylic acids is 1. The summed E-state index contributed by atoms with van der Waals surface area (Å²) in [5, 5.41) is 0.528. The van der Waals surface area contributed by atoms with Gasteiger partial charge in [0, 0.05) is 13.7 Å². The molecule has 0 aromatic heterocycles. The molecular weight excluding hydrogens is 329 g/mol. The molecule has 0 unspecified atom stereocenters. The van der Waals surface area contributed by atoms with Crippen LogP contribution in [0.3, 0.4) is 0 Å². The number of nitrogens with zero attached hydrogens (tertiary/aromatic N) is 1. The second-order valence-electron chi connectivity index (χ2n) is 5.00.